The Morgan fingerprint density at radius 3 is 2.19 bits per heavy atom. The second-order valence-corrected chi connectivity index (χ2v) is 15.3. The molecule has 8 rings (SSSR count). The van der Waals surface area contributed by atoms with Crippen LogP contribution >= 0.6 is 0 Å². The van der Waals surface area contributed by atoms with E-state index < -0.39 is 11.2 Å². The third kappa shape index (κ3) is 2.29. The van der Waals surface area contributed by atoms with Crippen molar-refractivity contribution < 1.29 is 29.3 Å². The van der Waals surface area contributed by atoms with Crippen molar-refractivity contribution in [1.29, 1.82) is 0 Å². The Hall–Kier alpha value is -1.40. The van der Waals surface area contributed by atoms with Crippen molar-refractivity contribution in [1.82, 2.24) is 0 Å². The van der Waals surface area contributed by atoms with Crippen LogP contribution in [0.1, 0.15) is 73.6 Å². The largest absolute Gasteiger partial charge is 0.461 e. The molecule has 5 saturated carbocycles. The third-order valence-electron chi connectivity index (χ3n) is 14.0. The molecule has 7 fully saturated rings. The fourth-order valence-electron chi connectivity index (χ4n) is 12.7. The first-order valence-electron chi connectivity index (χ1n) is 14.9. The predicted molar refractivity (Wildman–Crippen MR) is 134 cm³/mol. The Morgan fingerprint density at radius 1 is 0.838 bits per heavy atom. The van der Waals surface area contributed by atoms with Gasteiger partial charge in [0.2, 0.25) is 0 Å². The minimum Gasteiger partial charge on any atom is -0.461 e. The number of carbonyl (C=O) groups excluding carboxylic acids is 2. The van der Waals surface area contributed by atoms with E-state index in [0.29, 0.717) is 18.8 Å². The second-order valence-electron chi connectivity index (χ2n) is 15.3. The van der Waals surface area contributed by atoms with E-state index in [1.165, 1.54) is 11.1 Å². The Kier molecular flexibility index (Phi) is 4.12. The fraction of sp³-hybridized carbons (Fsp3) is 0.871. The smallest absolute Gasteiger partial charge is 0.309 e. The fourth-order valence-corrected chi connectivity index (χ4v) is 12.7. The van der Waals surface area contributed by atoms with Crippen LogP contribution in [0.5, 0.6) is 0 Å². The molecule has 2 aliphatic heterocycles. The van der Waals surface area contributed by atoms with Gasteiger partial charge in [-0.3, -0.25) is 9.59 Å². The molecule has 2 N–H and O–H groups in total. The van der Waals surface area contributed by atoms with Gasteiger partial charge in [0.1, 0.15) is 12.2 Å². The molecule has 2 unspecified atom stereocenters. The maximum Gasteiger partial charge on any atom is 0.309 e. The van der Waals surface area contributed by atoms with Gasteiger partial charge in [0.25, 0.3) is 0 Å². The molecule has 0 amide bonds. The molecule has 6 heteroatoms. The first-order valence-corrected chi connectivity index (χ1v) is 14.9. The lowest BCUT2D eigenvalue weighted by Gasteiger charge is -2.51. The van der Waals surface area contributed by atoms with Crippen molar-refractivity contribution in [2.75, 3.05) is 0 Å². The van der Waals surface area contributed by atoms with Gasteiger partial charge in [-0.05, 0) is 87.5 Å². The number of hydrogen-bond donors (Lipinski definition) is 2. The number of allylic oxidation sites excluding steroid dienone is 1. The minimum absolute atomic E-state index is 0.0152. The van der Waals surface area contributed by atoms with E-state index in [4.69, 9.17) is 9.47 Å². The maximum absolute atomic E-state index is 13.1. The predicted octanol–water partition coefficient (Wildman–Crippen LogP) is 3.88. The van der Waals surface area contributed by atoms with Crippen LogP contribution in [-0.4, -0.2) is 45.6 Å². The molecule has 0 aromatic carbocycles. The summed E-state index contributed by atoms with van der Waals surface area (Å²) in [6.45, 7) is 12.7. The second kappa shape index (κ2) is 6.49. The third-order valence-corrected chi connectivity index (χ3v) is 14.0. The Labute approximate surface area is 219 Å². The number of aliphatic hydroxyl groups is 2. The van der Waals surface area contributed by atoms with E-state index in [2.05, 4.69) is 13.8 Å². The monoisotopic (exact) mass is 510 g/mol. The first-order chi connectivity index (χ1) is 17.3. The van der Waals surface area contributed by atoms with Crippen LogP contribution in [-0.2, 0) is 19.1 Å². The van der Waals surface area contributed by atoms with Crippen molar-refractivity contribution in [3.05, 3.63) is 11.1 Å². The molecule has 8 aliphatic rings. The summed E-state index contributed by atoms with van der Waals surface area (Å²) in [5.41, 5.74) is 0.368. The van der Waals surface area contributed by atoms with E-state index in [1.54, 1.807) is 0 Å². The lowest BCUT2D eigenvalue weighted by molar-refractivity contribution is -0.164. The number of fused-ring (bicyclic) bond motifs is 9. The van der Waals surface area contributed by atoms with E-state index in [9.17, 15) is 19.8 Å². The lowest BCUT2D eigenvalue weighted by atomic mass is 9.54. The quantitative estimate of drug-likeness (QED) is 0.380. The number of esters is 2. The highest BCUT2D eigenvalue weighted by Crippen LogP contribution is 2.91. The normalized spacial score (nSPS) is 64.5. The molecule has 0 spiro atoms. The summed E-state index contributed by atoms with van der Waals surface area (Å²) in [5.74, 6) is 0.710. The highest BCUT2D eigenvalue weighted by molar-refractivity contribution is 5.76. The topological polar surface area (TPSA) is 93.1 Å². The molecule has 6 nitrogen and oxygen atoms in total. The maximum atomic E-state index is 13.1. The molecule has 0 radical (unpaired) electrons. The van der Waals surface area contributed by atoms with Gasteiger partial charge in [-0.25, -0.2) is 0 Å². The van der Waals surface area contributed by atoms with Crippen LogP contribution in [0.2, 0.25) is 0 Å². The van der Waals surface area contributed by atoms with Crippen LogP contribution < -0.4 is 0 Å². The van der Waals surface area contributed by atoms with E-state index in [0.717, 1.165) is 19.3 Å². The van der Waals surface area contributed by atoms with Gasteiger partial charge in [-0.1, -0.05) is 26.3 Å². The average Bonchev–Trinajstić information content (AvgIpc) is 3.01. The lowest BCUT2D eigenvalue weighted by Crippen LogP contribution is -2.55. The zero-order valence-corrected chi connectivity index (χ0v) is 23.0. The van der Waals surface area contributed by atoms with Gasteiger partial charge in [-0.15, -0.1) is 0 Å². The number of hydrogen-bond acceptors (Lipinski definition) is 6. The molecular formula is C31H42O6. The molecule has 0 aromatic heterocycles. The van der Waals surface area contributed by atoms with Gasteiger partial charge in [0.15, 0.2) is 0 Å². The number of carbonyl (C=O) groups is 2. The molecule has 6 aliphatic carbocycles. The van der Waals surface area contributed by atoms with Gasteiger partial charge < -0.3 is 19.7 Å². The van der Waals surface area contributed by atoms with Crippen LogP contribution in [0.25, 0.3) is 0 Å². The Bertz CT molecular complexity index is 1170. The summed E-state index contributed by atoms with van der Waals surface area (Å²) < 4.78 is 12.6. The Morgan fingerprint density at radius 2 is 1.46 bits per heavy atom. The summed E-state index contributed by atoms with van der Waals surface area (Å²) in [7, 11) is 0. The molecule has 0 aromatic rings. The van der Waals surface area contributed by atoms with Crippen LogP contribution in [0.15, 0.2) is 11.1 Å². The Balaban J connectivity index is 1.39. The van der Waals surface area contributed by atoms with Gasteiger partial charge >= 0.3 is 11.9 Å². The standard InChI is InChI=1S/C31H42O6/c1-12-15-7-9-29(5,34)22-18(23(15)36-26(12)32)14(3)21-20(22)19-17-11-28(17,4)31(21)24(19)30(6,35)10-8-16-13(2)27(33)37-25(16)31/h12-13,15-17,19-25,34-35H,7-11H2,1-6H3/t12-,13-,15-,16-,17?,19-,20-,21-,22-,23-,24-,25-,28?,29-,30-,31+/m0/s1. The van der Waals surface area contributed by atoms with E-state index in [-0.39, 0.29) is 88.2 Å². The van der Waals surface area contributed by atoms with Crippen LogP contribution in [0, 0.1) is 70.0 Å². The molecule has 2 saturated heterocycles. The SMILES string of the molecule is CC1=C2[C@H]3OC(=O)[C@@H](C)[C@@H]3CC[C@](C)(O)[C@@H]2[C@H]2[C@@H]3C4CC4(C)[C@@]4([C@@H]3[C@@](C)(O)CC[C@H]3[C@H](C)C(=O)O[C@@H]34)[C@@H]12. The van der Waals surface area contributed by atoms with Gasteiger partial charge in [0, 0.05) is 29.1 Å². The molecule has 16 atom stereocenters. The van der Waals surface area contributed by atoms with Crippen molar-refractivity contribution >= 4 is 11.9 Å². The van der Waals surface area contributed by atoms with Gasteiger partial charge in [-0.2, -0.15) is 0 Å². The molecule has 202 valence electrons. The van der Waals surface area contributed by atoms with Crippen molar-refractivity contribution in [3.8, 4) is 0 Å². The summed E-state index contributed by atoms with van der Waals surface area (Å²) >= 11 is 0. The summed E-state index contributed by atoms with van der Waals surface area (Å²) in [5, 5.41) is 24.4. The summed E-state index contributed by atoms with van der Waals surface area (Å²) in [6.07, 6.45) is 3.59. The van der Waals surface area contributed by atoms with Crippen molar-refractivity contribution in [3.63, 3.8) is 0 Å². The van der Waals surface area contributed by atoms with Crippen molar-refractivity contribution in [2.45, 2.75) is 97.1 Å². The average molecular weight is 511 g/mol. The summed E-state index contributed by atoms with van der Waals surface area (Å²) in [6, 6.07) is 0. The minimum atomic E-state index is -0.900. The highest BCUT2D eigenvalue weighted by atomic mass is 16.6. The van der Waals surface area contributed by atoms with Crippen molar-refractivity contribution in [2.24, 2.45) is 70.0 Å². The van der Waals surface area contributed by atoms with Gasteiger partial charge in [0.05, 0.1) is 23.0 Å². The zero-order chi connectivity index (χ0) is 26.2. The number of rotatable bonds is 0. The van der Waals surface area contributed by atoms with Crippen LogP contribution in [0.4, 0.5) is 0 Å². The number of ether oxygens (including phenoxy) is 2. The van der Waals surface area contributed by atoms with E-state index >= 15 is 0 Å². The van der Waals surface area contributed by atoms with E-state index in [1.807, 2.05) is 27.7 Å². The highest BCUT2D eigenvalue weighted by Gasteiger charge is 2.91. The molecule has 37 heavy (non-hydrogen) atoms. The molecule has 2 heterocycles. The molecule has 2 bridgehead atoms. The summed E-state index contributed by atoms with van der Waals surface area (Å²) in [4.78, 5) is 25.9. The first kappa shape index (κ1) is 23.5. The molecular weight excluding hydrogens is 468 g/mol. The zero-order valence-electron chi connectivity index (χ0n) is 23.0. The van der Waals surface area contributed by atoms with Crippen LogP contribution in [0.3, 0.4) is 0 Å².